The van der Waals surface area contributed by atoms with Gasteiger partial charge in [-0.05, 0) is 31.5 Å². The molecule has 1 aromatic carbocycles. The van der Waals surface area contributed by atoms with E-state index in [0.29, 0.717) is 13.2 Å². The van der Waals surface area contributed by atoms with Crippen LogP contribution in [0.15, 0.2) is 24.3 Å². The minimum atomic E-state index is -0.525. The van der Waals surface area contributed by atoms with Gasteiger partial charge >= 0.3 is 0 Å². The van der Waals surface area contributed by atoms with Gasteiger partial charge in [-0.25, -0.2) is 0 Å². The van der Waals surface area contributed by atoms with Crippen LogP contribution < -0.4 is 4.74 Å². The van der Waals surface area contributed by atoms with E-state index in [1.54, 1.807) is 4.90 Å². The molecule has 1 amide bonds. The molecule has 0 radical (unpaired) electrons. The van der Waals surface area contributed by atoms with Gasteiger partial charge in [0.2, 0.25) is 5.91 Å². The summed E-state index contributed by atoms with van der Waals surface area (Å²) in [5.41, 5.74) is 1.06. The lowest BCUT2D eigenvalue weighted by atomic mass is 10.1. The Balaban J connectivity index is 2.08. The van der Waals surface area contributed by atoms with Crippen LogP contribution >= 0.6 is 0 Å². The van der Waals surface area contributed by atoms with Crippen LogP contribution in [0.3, 0.4) is 0 Å². The van der Waals surface area contributed by atoms with E-state index in [1.807, 2.05) is 38.1 Å². The van der Waals surface area contributed by atoms with Gasteiger partial charge in [0, 0.05) is 6.54 Å². The van der Waals surface area contributed by atoms with Gasteiger partial charge in [-0.15, -0.1) is 0 Å². The van der Waals surface area contributed by atoms with Crippen molar-refractivity contribution in [3.8, 4) is 5.75 Å². The van der Waals surface area contributed by atoms with E-state index in [4.69, 9.17) is 4.74 Å². The molecule has 2 unspecified atom stereocenters. The topological polar surface area (TPSA) is 49.8 Å². The number of hydrogen-bond acceptors (Lipinski definition) is 3. The van der Waals surface area contributed by atoms with Gasteiger partial charge in [0.25, 0.3) is 0 Å². The van der Waals surface area contributed by atoms with Gasteiger partial charge in [0.05, 0.1) is 25.2 Å². The normalized spacial score (nSPS) is 21.2. The molecular formula is C14H19NO3. The van der Waals surface area contributed by atoms with Crippen LogP contribution in [-0.2, 0) is 4.79 Å². The number of carbonyl (C=O) groups excluding carboxylic acids is 1. The van der Waals surface area contributed by atoms with E-state index >= 15 is 0 Å². The molecule has 1 aliphatic rings. The number of hydrogen-bond donors (Lipinski definition) is 1. The number of likely N-dealkylation sites (tertiary alicyclic amines) is 1. The number of nitrogens with zero attached hydrogens (tertiary/aromatic N) is 1. The fourth-order valence-corrected chi connectivity index (χ4v) is 2.28. The molecular weight excluding hydrogens is 230 g/mol. The molecule has 2 rings (SSSR count). The highest BCUT2D eigenvalue weighted by molar-refractivity contribution is 5.79. The zero-order valence-corrected chi connectivity index (χ0v) is 10.8. The molecule has 1 aliphatic heterocycles. The second-order valence-electron chi connectivity index (χ2n) is 4.58. The Bertz CT molecular complexity index is 416. The first-order chi connectivity index (χ1) is 8.61. The molecule has 18 heavy (non-hydrogen) atoms. The molecule has 1 aromatic rings. The van der Waals surface area contributed by atoms with Crippen molar-refractivity contribution in [1.82, 2.24) is 4.90 Å². The van der Waals surface area contributed by atoms with E-state index in [9.17, 15) is 9.90 Å². The lowest BCUT2D eigenvalue weighted by molar-refractivity contribution is -0.129. The Morgan fingerprint density at radius 3 is 2.61 bits per heavy atom. The predicted molar refractivity (Wildman–Crippen MR) is 68.4 cm³/mol. The summed E-state index contributed by atoms with van der Waals surface area (Å²) in [5.74, 6) is 0.852. The Hall–Kier alpha value is -1.55. The number of rotatable bonds is 4. The number of β-amino-alcohol motifs (C(OH)–C–C–N with tert-alkyl or cyclic N) is 1. The first kappa shape index (κ1) is 12.9. The lowest BCUT2D eigenvalue weighted by Gasteiger charge is -2.24. The fourth-order valence-electron chi connectivity index (χ4n) is 2.28. The largest absolute Gasteiger partial charge is 0.494 e. The van der Waals surface area contributed by atoms with E-state index in [-0.39, 0.29) is 18.4 Å². The summed E-state index contributed by atoms with van der Waals surface area (Å²) in [6, 6.07) is 7.74. The monoisotopic (exact) mass is 249 g/mol. The molecule has 0 saturated carbocycles. The molecule has 1 N–H and O–H groups in total. The number of benzene rings is 1. The number of carbonyl (C=O) groups is 1. The molecule has 2 atom stereocenters. The van der Waals surface area contributed by atoms with Crippen LogP contribution in [0.1, 0.15) is 31.9 Å². The van der Waals surface area contributed by atoms with Crippen molar-refractivity contribution >= 4 is 5.91 Å². The molecule has 4 nitrogen and oxygen atoms in total. The molecule has 98 valence electrons. The highest BCUT2D eigenvalue weighted by Crippen LogP contribution is 2.26. The van der Waals surface area contributed by atoms with Crippen LogP contribution in [0, 0.1) is 0 Å². The number of amides is 1. The second-order valence-corrected chi connectivity index (χ2v) is 4.58. The highest BCUT2D eigenvalue weighted by atomic mass is 16.5. The van der Waals surface area contributed by atoms with Crippen molar-refractivity contribution in [3.63, 3.8) is 0 Å². The van der Waals surface area contributed by atoms with E-state index in [2.05, 4.69) is 0 Å². The van der Waals surface area contributed by atoms with Crippen LogP contribution in [-0.4, -0.2) is 35.2 Å². The Labute approximate surface area is 107 Å². The molecule has 0 aliphatic carbocycles. The highest BCUT2D eigenvalue weighted by Gasteiger charge is 2.31. The third kappa shape index (κ3) is 2.64. The number of ether oxygens (including phenoxy) is 1. The first-order valence-electron chi connectivity index (χ1n) is 6.32. The Morgan fingerprint density at radius 2 is 2.11 bits per heavy atom. The summed E-state index contributed by atoms with van der Waals surface area (Å²) in [5, 5.41) is 9.50. The minimum absolute atomic E-state index is 0.00896. The van der Waals surface area contributed by atoms with Crippen molar-refractivity contribution in [3.05, 3.63) is 29.8 Å². The molecule has 0 aromatic heterocycles. The van der Waals surface area contributed by atoms with Crippen LogP contribution in [0.4, 0.5) is 0 Å². The minimum Gasteiger partial charge on any atom is -0.494 e. The molecule has 4 heteroatoms. The average molecular weight is 249 g/mol. The summed E-state index contributed by atoms with van der Waals surface area (Å²) >= 11 is 0. The molecule has 0 spiro atoms. The van der Waals surface area contributed by atoms with Gasteiger partial charge in [-0.1, -0.05) is 12.1 Å². The van der Waals surface area contributed by atoms with Crippen LogP contribution in [0.5, 0.6) is 5.75 Å². The zero-order chi connectivity index (χ0) is 13.1. The van der Waals surface area contributed by atoms with Crippen molar-refractivity contribution in [1.29, 1.82) is 0 Å². The summed E-state index contributed by atoms with van der Waals surface area (Å²) < 4.78 is 5.38. The first-order valence-corrected chi connectivity index (χ1v) is 6.32. The standard InChI is InChI=1S/C14H19NO3/c1-3-18-13-6-4-11(5-7-13)10(2)15-9-12(16)8-14(15)17/h4-7,10,12,16H,3,8-9H2,1-2H3. The van der Waals surface area contributed by atoms with Crippen molar-refractivity contribution in [2.75, 3.05) is 13.2 Å². The Morgan fingerprint density at radius 1 is 1.44 bits per heavy atom. The molecule has 1 heterocycles. The quantitative estimate of drug-likeness (QED) is 0.884. The maximum atomic E-state index is 11.7. The number of aliphatic hydroxyl groups is 1. The van der Waals surface area contributed by atoms with Crippen LogP contribution in [0.25, 0.3) is 0 Å². The maximum absolute atomic E-state index is 11.7. The van der Waals surface area contributed by atoms with E-state index in [1.165, 1.54) is 0 Å². The lowest BCUT2D eigenvalue weighted by Crippen LogP contribution is -2.29. The summed E-state index contributed by atoms with van der Waals surface area (Å²) in [6.07, 6.45) is -0.288. The van der Waals surface area contributed by atoms with Gasteiger partial charge in [0.1, 0.15) is 5.75 Å². The maximum Gasteiger partial charge on any atom is 0.225 e. The average Bonchev–Trinajstić information content (AvgIpc) is 2.69. The van der Waals surface area contributed by atoms with Gasteiger partial charge in [-0.3, -0.25) is 4.79 Å². The SMILES string of the molecule is CCOc1ccc(C(C)N2CC(O)CC2=O)cc1. The van der Waals surface area contributed by atoms with Crippen molar-refractivity contribution in [2.45, 2.75) is 32.4 Å². The van der Waals surface area contributed by atoms with E-state index in [0.717, 1.165) is 11.3 Å². The predicted octanol–water partition coefficient (Wildman–Crippen LogP) is 1.74. The summed E-state index contributed by atoms with van der Waals surface area (Å²) in [7, 11) is 0. The molecule has 1 fully saturated rings. The van der Waals surface area contributed by atoms with Gasteiger partial charge in [-0.2, -0.15) is 0 Å². The van der Waals surface area contributed by atoms with Crippen molar-refractivity contribution < 1.29 is 14.6 Å². The van der Waals surface area contributed by atoms with Gasteiger partial charge < -0.3 is 14.7 Å². The number of aliphatic hydroxyl groups excluding tert-OH is 1. The fraction of sp³-hybridized carbons (Fsp3) is 0.500. The summed E-state index contributed by atoms with van der Waals surface area (Å²) in [4.78, 5) is 13.4. The smallest absolute Gasteiger partial charge is 0.225 e. The zero-order valence-electron chi connectivity index (χ0n) is 10.8. The van der Waals surface area contributed by atoms with Gasteiger partial charge in [0.15, 0.2) is 0 Å². The molecule has 1 saturated heterocycles. The van der Waals surface area contributed by atoms with E-state index < -0.39 is 6.10 Å². The molecule has 0 bridgehead atoms. The third-order valence-corrected chi connectivity index (χ3v) is 3.28. The van der Waals surface area contributed by atoms with Crippen LogP contribution in [0.2, 0.25) is 0 Å². The van der Waals surface area contributed by atoms with Crippen molar-refractivity contribution in [2.24, 2.45) is 0 Å². The second kappa shape index (κ2) is 5.40. The third-order valence-electron chi connectivity index (χ3n) is 3.28. The summed E-state index contributed by atoms with van der Waals surface area (Å²) in [6.45, 7) is 4.99. The Kier molecular flexibility index (Phi) is 3.87.